The number of rotatable bonds is 10. The Bertz CT molecular complexity index is 137. The van der Waals surface area contributed by atoms with E-state index in [0.717, 1.165) is 12.8 Å². The molecule has 5 nitrogen and oxygen atoms in total. The lowest BCUT2D eigenvalue weighted by molar-refractivity contribution is -0.0637. The molecule has 0 aromatic rings. The van der Waals surface area contributed by atoms with Crippen LogP contribution in [-0.2, 0) is 4.74 Å². The molecule has 0 heterocycles. The molecule has 0 spiro atoms. The lowest BCUT2D eigenvalue weighted by Gasteiger charge is -2.27. The molecule has 6 N–H and O–H groups in total. The molecule has 0 radical (unpaired) electrons. The van der Waals surface area contributed by atoms with E-state index in [-0.39, 0.29) is 19.8 Å². The first-order valence-corrected chi connectivity index (χ1v) is 5.49. The lowest BCUT2D eigenvalue weighted by atomic mass is 9.93. The van der Waals surface area contributed by atoms with Crippen molar-refractivity contribution in [1.82, 2.24) is 0 Å². The summed E-state index contributed by atoms with van der Waals surface area (Å²) in [5, 5.41) is 18.8. The molecule has 0 aliphatic carbocycles. The second-order valence-electron chi connectivity index (χ2n) is 3.78. The van der Waals surface area contributed by atoms with Gasteiger partial charge in [-0.1, -0.05) is 0 Å². The highest BCUT2D eigenvalue weighted by molar-refractivity contribution is 4.78. The summed E-state index contributed by atoms with van der Waals surface area (Å²) in [6.07, 6.45) is 2.77. The van der Waals surface area contributed by atoms with E-state index in [1.54, 1.807) is 0 Å². The zero-order chi connectivity index (χ0) is 11.6. The third-order valence-corrected chi connectivity index (χ3v) is 2.30. The average Bonchev–Trinajstić information content (AvgIpc) is 2.24. The van der Waals surface area contributed by atoms with Crippen molar-refractivity contribution in [3.63, 3.8) is 0 Å². The van der Waals surface area contributed by atoms with Gasteiger partial charge in [-0.15, -0.1) is 0 Å². The van der Waals surface area contributed by atoms with E-state index in [2.05, 4.69) is 0 Å². The van der Waals surface area contributed by atoms with E-state index in [0.29, 0.717) is 25.9 Å². The van der Waals surface area contributed by atoms with Gasteiger partial charge in [0.1, 0.15) is 0 Å². The minimum atomic E-state index is -0.839. The van der Waals surface area contributed by atoms with Crippen LogP contribution in [0.2, 0.25) is 0 Å². The largest absolute Gasteiger partial charge is 0.394 e. The third-order valence-electron chi connectivity index (χ3n) is 2.30. The van der Waals surface area contributed by atoms with E-state index in [1.807, 2.05) is 0 Å². The molecule has 0 aliphatic rings. The first-order chi connectivity index (χ1) is 7.18. The fraction of sp³-hybridized carbons (Fsp3) is 1.00. The number of aliphatic hydroxyl groups excluding tert-OH is 1. The Labute approximate surface area is 91.4 Å². The predicted octanol–water partition coefficient (Wildman–Crippen LogP) is -0.796. The zero-order valence-corrected chi connectivity index (χ0v) is 9.32. The van der Waals surface area contributed by atoms with Crippen LogP contribution < -0.4 is 11.5 Å². The maximum absolute atomic E-state index is 10.2. The highest BCUT2D eigenvalue weighted by Crippen LogP contribution is 2.19. The van der Waals surface area contributed by atoms with Gasteiger partial charge >= 0.3 is 0 Å². The number of aliphatic hydroxyl groups is 2. The molecule has 0 aromatic heterocycles. The Kier molecular flexibility index (Phi) is 8.94. The van der Waals surface area contributed by atoms with Crippen LogP contribution >= 0.6 is 0 Å². The Morgan fingerprint density at radius 3 is 2.00 bits per heavy atom. The molecular formula is C10H24N2O3. The minimum absolute atomic E-state index is 0.0240. The van der Waals surface area contributed by atoms with Crippen molar-refractivity contribution in [3.05, 3.63) is 0 Å². The molecule has 0 atom stereocenters. The van der Waals surface area contributed by atoms with Crippen molar-refractivity contribution in [2.75, 3.05) is 32.9 Å². The predicted molar refractivity (Wildman–Crippen MR) is 59.4 cm³/mol. The fourth-order valence-electron chi connectivity index (χ4n) is 1.46. The molecular weight excluding hydrogens is 196 g/mol. The van der Waals surface area contributed by atoms with Gasteiger partial charge in [0.25, 0.3) is 0 Å². The van der Waals surface area contributed by atoms with Gasteiger partial charge in [0.2, 0.25) is 0 Å². The van der Waals surface area contributed by atoms with Crippen LogP contribution in [0.3, 0.4) is 0 Å². The second kappa shape index (κ2) is 9.06. The molecule has 0 rings (SSSR count). The van der Waals surface area contributed by atoms with Crippen LogP contribution in [0.4, 0.5) is 0 Å². The number of hydrogen-bond donors (Lipinski definition) is 4. The average molecular weight is 220 g/mol. The monoisotopic (exact) mass is 220 g/mol. The first-order valence-electron chi connectivity index (χ1n) is 5.49. The topological polar surface area (TPSA) is 102 Å². The van der Waals surface area contributed by atoms with Crippen molar-refractivity contribution in [1.29, 1.82) is 0 Å². The van der Waals surface area contributed by atoms with Gasteiger partial charge in [-0.05, 0) is 38.8 Å². The van der Waals surface area contributed by atoms with Crippen molar-refractivity contribution in [2.24, 2.45) is 11.5 Å². The summed E-state index contributed by atoms with van der Waals surface area (Å²) in [4.78, 5) is 0. The molecule has 0 aliphatic heterocycles. The summed E-state index contributed by atoms with van der Waals surface area (Å²) in [5.41, 5.74) is 9.97. The van der Waals surface area contributed by atoms with Gasteiger partial charge in [-0.2, -0.15) is 0 Å². The maximum Gasteiger partial charge on any atom is 0.0881 e. The molecule has 0 bridgehead atoms. The molecule has 0 unspecified atom stereocenters. The minimum Gasteiger partial charge on any atom is -0.394 e. The number of ether oxygens (including phenoxy) is 1. The summed E-state index contributed by atoms with van der Waals surface area (Å²) < 4.78 is 5.16. The number of nitrogens with two attached hydrogens (primary N) is 2. The normalized spacial score (nSPS) is 12.0. The van der Waals surface area contributed by atoms with Crippen LogP contribution in [0.15, 0.2) is 0 Å². The van der Waals surface area contributed by atoms with Crippen LogP contribution in [0.1, 0.15) is 25.7 Å². The van der Waals surface area contributed by atoms with Crippen molar-refractivity contribution in [2.45, 2.75) is 31.3 Å². The third kappa shape index (κ3) is 7.70. The van der Waals surface area contributed by atoms with Crippen LogP contribution in [0.25, 0.3) is 0 Å². The highest BCUT2D eigenvalue weighted by atomic mass is 16.5. The molecule has 0 amide bonds. The van der Waals surface area contributed by atoms with Gasteiger partial charge < -0.3 is 26.4 Å². The standard InChI is InChI=1S/C10H24N2O3/c11-5-1-3-10(14,4-2-6-12)9-15-8-7-13/h13-14H,1-9,11-12H2. The van der Waals surface area contributed by atoms with Gasteiger partial charge in [0, 0.05) is 0 Å². The second-order valence-corrected chi connectivity index (χ2v) is 3.78. The van der Waals surface area contributed by atoms with E-state index in [9.17, 15) is 5.11 Å². The van der Waals surface area contributed by atoms with Gasteiger partial charge in [0.05, 0.1) is 25.4 Å². The van der Waals surface area contributed by atoms with Crippen LogP contribution in [0, 0.1) is 0 Å². The SMILES string of the molecule is NCCCC(O)(CCCN)COCCO. The molecule has 0 fully saturated rings. The van der Waals surface area contributed by atoms with E-state index in [1.165, 1.54) is 0 Å². The Morgan fingerprint density at radius 2 is 1.60 bits per heavy atom. The summed E-state index contributed by atoms with van der Waals surface area (Å²) >= 11 is 0. The van der Waals surface area contributed by atoms with Crippen LogP contribution in [0.5, 0.6) is 0 Å². The molecule has 15 heavy (non-hydrogen) atoms. The van der Waals surface area contributed by atoms with Gasteiger partial charge in [-0.3, -0.25) is 0 Å². The molecule has 5 heteroatoms. The van der Waals surface area contributed by atoms with Crippen LogP contribution in [-0.4, -0.2) is 48.7 Å². The van der Waals surface area contributed by atoms with Gasteiger partial charge in [-0.25, -0.2) is 0 Å². The summed E-state index contributed by atoms with van der Waals surface area (Å²) in [5.74, 6) is 0. The van der Waals surface area contributed by atoms with Gasteiger partial charge in [0.15, 0.2) is 0 Å². The first kappa shape index (κ1) is 14.8. The van der Waals surface area contributed by atoms with E-state index in [4.69, 9.17) is 21.3 Å². The lowest BCUT2D eigenvalue weighted by Crippen LogP contribution is -2.36. The van der Waals surface area contributed by atoms with E-state index < -0.39 is 5.60 Å². The molecule has 0 saturated carbocycles. The van der Waals surface area contributed by atoms with Crippen molar-refractivity contribution >= 4 is 0 Å². The zero-order valence-electron chi connectivity index (χ0n) is 9.32. The summed E-state index contributed by atoms with van der Waals surface area (Å²) in [6, 6.07) is 0. The Balaban J connectivity index is 3.89. The summed E-state index contributed by atoms with van der Waals surface area (Å²) in [7, 11) is 0. The molecule has 92 valence electrons. The maximum atomic E-state index is 10.2. The quantitative estimate of drug-likeness (QED) is 0.361. The highest BCUT2D eigenvalue weighted by Gasteiger charge is 2.25. The Hall–Kier alpha value is -0.200. The molecule has 0 aromatic carbocycles. The van der Waals surface area contributed by atoms with Crippen molar-refractivity contribution < 1.29 is 14.9 Å². The summed E-state index contributed by atoms with van der Waals surface area (Å²) in [6.45, 7) is 1.60. The fourth-order valence-corrected chi connectivity index (χ4v) is 1.46. The van der Waals surface area contributed by atoms with Crippen molar-refractivity contribution in [3.8, 4) is 0 Å². The molecule has 0 saturated heterocycles. The smallest absolute Gasteiger partial charge is 0.0881 e. The number of hydrogen-bond acceptors (Lipinski definition) is 5. The van der Waals surface area contributed by atoms with E-state index >= 15 is 0 Å². The Morgan fingerprint density at radius 1 is 1.07 bits per heavy atom.